The molecule has 0 spiro atoms. The van der Waals surface area contributed by atoms with Gasteiger partial charge in [-0.25, -0.2) is 4.98 Å². The van der Waals surface area contributed by atoms with Crippen molar-refractivity contribution in [1.29, 1.82) is 0 Å². The van der Waals surface area contributed by atoms with Crippen LogP contribution < -0.4 is 5.32 Å². The molecular formula is C11H13BrN4OS. The van der Waals surface area contributed by atoms with Gasteiger partial charge < -0.3 is 5.32 Å². The van der Waals surface area contributed by atoms with E-state index >= 15 is 0 Å². The Morgan fingerprint density at radius 3 is 3.11 bits per heavy atom. The minimum absolute atomic E-state index is 0.0652. The second-order valence-corrected chi connectivity index (χ2v) is 5.59. The predicted molar refractivity (Wildman–Crippen MR) is 73.1 cm³/mol. The van der Waals surface area contributed by atoms with Crippen LogP contribution in [0.5, 0.6) is 0 Å². The van der Waals surface area contributed by atoms with Gasteiger partial charge in [-0.3, -0.25) is 9.48 Å². The molecule has 0 saturated carbocycles. The molecule has 0 aliphatic rings. The normalized spacial score (nSPS) is 10.5. The van der Waals surface area contributed by atoms with Gasteiger partial charge in [-0.15, -0.1) is 11.3 Å². The van der Waals surface area contributed by atoms with Crippen molar-refractivity contribution in [2.75, 3.05) is 0 Å². The first kappa shape index (κ1) is 13.2. The zero-order chi connectivity index (χ0) is 12.8. The van der Waals surface area contributed by atoms with E-state index in [1.165, 1.54) is 6.33 Å². The van der Waals surface area contributed by atoms with E-state index in [1.54, 1.807) is 22.3 Å². The Hall–Kier alpha value is -1.21. The third-order valence-electron chi connectivity index (χ3n) is 2.39. The third kappa shape index (κ3) is 3.92. The molecule has 0 aromatic carbocycles. The highest BCUT2D eigenvalue weighted by molar-refractivity contribution is 9.10. The average Bonchev–Trinajstić information content (AvgIpc) is 2.98. The molecule has 0 fully saturated rings. The van der Waals surface area contributed by atoms with Gasteiger partial charge in [0, 0.05) is 22.3 Å². The topological polar surface area (TPSA) is 59.8 Å². The van der Waals surface area contributed by atoms with Crippen molar-refractivity contribution in [3.05, 3.63) is 33.5 Å². The van der Waals surface area contributed by atoms with Crippen LogP contribution in [-0.4, -0.2) is 20.7 Å². The highest BCUT2D eigenvalue weighted by Gasteiger charge is 2.05. The Morgan fingerprint density at radius 1 is 1.56 bits per heavy atom. The summed E-state index contributed by atoms with van der Waals surface area (Å²) in [6.45, 7) is 1.30. The van der Waals surface area contributed by atoms with Gasteiger partial charge in [-0.1, -0.05) is 0 Å². The number of hydrogen-bond donors (Lipinski definition) is 1. The SMILES string of the molecule is O=C(CCCn1cncn1)NCc1sccc1Br. The van der Waals surface area contributed by atoms with Crippen LogP contribution in [0, 0.1) is 0 Å². The standard InChI is InChI=1S/C11H13BrN4OS/c12-9-3-5-18-10(9)6-14-11(17)2-1-4-16-8-13-7-15-16/h3,5,7-8H,1-2,4,6H2,(H,14,17). The van der Waals surface area contributed by atoms with Gasteiger partial charge in [0.25, 0.3) is 0 Å². The van der Waals surface area contributed by atoms with E-state index in [4.69, 9.17) is 0 Å². The number of amides is 1. The first-order valence-electron chi connectivity index (χ1n) is 5.56. The quantitative estimate of drug-likeness (QED) is 0.884. The Balaban J connectivity index is 1.65. The molecule has 2 aromatic rings. The molecule has 2 heterocycles. The minimum Gasteiger partial charge on any atom is -0.351 e. The first-order chi connectivity index (χ1) is 8.75. The second kappa shape index (κ2) is 6.65. The van der Waals surface area contributed by atoms with Crippen molar-refractivity contribution in [2.24, 2.45) is 0 Å². The van der Waals surface area contributed by atoms with Crippen molar-refractivity contribution < 1.29 is 4.79 Å². The maximum Gasteiger partial charge on any atom is 0.220 e. The molecule has 7 heteroatoms. The van der Waals surface area contributed by atoms with Crippen molar-refractivity contribution in [3.8, 4) is 0 Å². The largest absolute Gasteiger partial charge is 0.351 e. The maximum atomic E-state index is 11.6. The third-order valence-corrected chi connectivity index (χ3v) is 4.32. The van der Waals surface area contributed by atoms with Crippen LogP contribution >= 0.6 is 27.3 Å². The van der Waals surface area contributed by atoms with Gasteiger partial charge in [0.2, 0.25) is 5.91 Å². The Bertz CT molecular complexity index is 497. The van der Waals surface area contributed by atoms with E-state index < -0.39 is 0 Å². The summed E-state index contributed by atoms with van der Waals surface area (Å²) in [6, 6.07) is 1.98. The molecular weight excluding hydrogens is 316 g/mol. The molecule has 2 aromatic heterocycles. The lowest BCUT2D eigenvalue weighted by Crippen LogP contribution is -2.22. The van der Waals surface area contributed by atoms with Crippen molar-refractivity contribution in [3.63, 3.8) is 0 Å². The van der Waals surface area contributed by atoms with Crippen LogP contribution in [0.1, 0.15) is 17.7 Å². The van der Waals surface area contributed by atoms with Crippen LogP contribution in [0.15, 0.2) is 28.6 Å². The maximum absolute atomic E-state index is 11.6. The summed E-state index contributed by atoms with van der Waals surface area (Å²) in [5.41, 5.74) is 0. The fourth-order valence-corrected chi connectivity index (χ4v) is 2.90. The highest BCUT2D eigenvalue weighted by atomic mass is 79.9. The lowest BCUT2D eigenvalue weighted by Gasteiger charge is -2.04. The zero-order valence-electron chi connectivity index (χ0n) is 9.67. The summed E-state index contributed by atoms with van der Waals surface area (Å²) in [7, 11) is 0. The molecule has 0 saturated heterocycles. The lowest BCUT2D eigenvalue weighted by atomic mass is 10.3. The Labute approximate surface area is 117 Å². The number of nitrogens with one attached hydrogen (secondary N) is 1. The molecule has 0 unspecified atom stereocenters. The van der Waals surface area contributed by atoms with Crippen molar-refractivity contribution in [1.82, 2.24) is 20.1 Å². The lowest BCUT2D eigenvalue weighted by molar-refractivity contribution is -0.121. The van der Waals surface area contributed by atoms with Crippen LogP contribution in [0.4, 0.5) is 0 Å². The van der Waals surface area contributed by atoms with Crippen LogP contribution in [-0.2, 0) is 17.9 Å². The summed E-state index contributed by atoms with van der Waals surface area (Å²) in [5.74, 6) is 0.0652. The number of thiophene rings is 1. The zero-order valence-corrected chi connectivity index (χ0v) is 12.1. The summed E-state index contributed by atoms with van der Waals surface area (Å²) in [5, 5.41) is 8.88. The van der Waals surface area contributed by atoms with Crippen molar-refractivity contribution in [2.45, 2.75) is 25.9 Å². The smallest absolute Gasteiger partial charge is 0.220 e. The van der Waals surface area contributed by atoms with Gasteiger partial charge in [0.15, 0.2) is 0 Å². The fourth-order valence-electron chi connectivity index (χ4n) is 1.47. The highest BCUT2D eigenvalue weighted by Crippen LogP contribution is 2.22. The van der Waals surface area contributed by atoms with Gasteiger partial charge in [-0.05, 0) is 33.8 Å². The number of aryl methyl sites for hydroxylation is 1. The second-order valence-electron chi connectivity index (χ2n) is 3.73. The summed E-state index contributed by atoms with van der Waals surface area (Å²) in [4.78, 5) is 16.6. The molecule has 1 N–H and O–H groups in total. The average molecular weight is 329 g/mol. The number of halogens is 1. The predicted octanol–water partition coefficient (Wildman–Crippen LogP) is 2.20. The monoisotopic (exact) mass is 328 g/mol. The van der Waals surface area contributed by atoms with E-state index in [0.29, 0.717) is 13.0 Å². The van der Waals surface area contributed by atoms with Gasteiger partial charge in [0.05, 0.1) is 6.54 Å². The molecule has 0 aliphatic heterocycles. The molecule has 0 atom stereocenters. The summed E-state index contributed by atoms with van der Waals surface area (Å²) >= 11 is 5.07. The molecule has 0 bridgehead atoms. The number of hydrogen-bond acceptors (Lipinski definition) is 4. The van der Waals surface area contributed by atoms with E-state index in [2.05, 4.69) is 31.3 Å². The van der Waals surface area contributed by atoms with E-state index in [9.17, 15) is 4.79 Å². The summed E-state index contributed by atoms with van der Waals surface area (Å²) < 4.78 is 2.78. The van der Waals surface area contributed by atoms with E-state index in [0.717, 1.165) is 22.3 Å². The molecule has 5 nitrogen and oxygen atoms in total. The Kier molecular flexibility index (Phi) is 4.89. The van der Waals surface area contributed by atoms with Crippen LogP contribution in [0.25, 0.3) is 0 Å². The number of nitrogens with zero attached hydrogens (tertiary/aromatic N) is 3. The van der Waals surface area contributed by atoms with Gasteiger partial charge in [0.1, 0.15) is 12.7 Å². The van der Waals surface area contributed by atoms with Gasteiger partial charge in [-0.2, -0.15) is 5.10 Å². The van der Waals surface area contributed by atoms with Crippen LogP contribution in [0.2, 0.25) is 0 Å². The molecule has 2 rings (SSSR count). The Morgan fingerprint density at radius 2 is 2.44 bits per heavy atom. The molecule has 0 aliphatic carbocycles. The number of carbonyl (C=O) groups is 1. The molecule has 0 radical (unpaired) electrons. The van der Waals surface area contributed by atoms with Crippen LogP contribution in [0.3, 0.4) is 0 Å². The number of rotatable bonds is 6. The first-order valence-corrected chi connectivity index (χ1v) is 7.24. The molecule has 18 heavy (non-hydrogen) atoms. The fraction of sp³-hybridized carbons (Fsp3) is 0.364. The van der Waals surface area contributed by atoms with E-state index in [-0.39, 0.29) is 5.91 Å². The summed E-state index contributed by atoms with van der Waals surface area (Å²) in [6.07, 6.45) is 4.42. The number of carbonyl (C=O) groups excluding carboxylic acids is 1. The van der Waals surface area contributed by atoms with Gasteiger partial charge >= 0.3 is 0 Å². The van der Waals surface area contributed by atoms with Crippen molar-refractivity contribution >= 4 is 33.2 Å². The molecule has 1 amide bonds. The van der Waals surface area contributed by atoms with E-state index in [1.807, 2.05) is 11.4 Å². The number of aromatic nitrogens is 3. The molecule has 96 valence electrons. The minimum atomic E-state index is 0.0652.